The number of carbonyl (C=O) groups excluding carboxylic acids is 1. The Morgan fingerprint density at radius 1 is 0.967 bits per heavy atom. The molecule has 3 aromatic heterocycles. The zero-order valence-corrected chi connectivity index (χ0v) is 16.8. The van der Waals surface area contributed by atoms with Crippen molar-refractivity contribution in [1.82, 2.24) is 19.9 Å². The number of halogens is 2. The van der Waals surface area contributed by atoms with Crippen LogP contribution in [0.4, 0.5) is 4.39 Å². The number of ketones is 1. The summed E-state index contributed by atoms with van der Waals surface area (Å²) in [5, 5.41) is 0.470. The van der Waals surface area contributed by atoms with Crippen molar-refractivity contribution < 1.29 is 9.18 Å². The average molecular weight is 419 g/mol. The van der Waals surface area contributed by atoms with Gasteiger partial charge in [-0.3, -0.25) is 24.7 Å². The van der Waals surface area contributed by atoms with E-state index < -0.39 is 5.82 Å². The quantitative estimate of drug-likeness (QED) is 0.420. The number of rotatable bonds is 5. The third-order valence-corrected chi connectivity index (χ3v) is 5.04. The van der Waals surface area contributed by atoms with Crippen LogP contribution in [0.5, 0.6) is 0 Å². The van der Waals surface area contributed by atoms with E-state index >= 15 is 0 Å². The van der Waals surface area contributed by atoms with Crippen LogP contribution in [0.3, 0.4) is 0 Å². The molecule has 0 spiro atoms. The summed E-state index contributed by atoms with van der Waals surface area (Å²) >= 11 is 6.34. The highest BCUT2D eigenvalue weighted by molar-refractivity contribution is 6.33. The molecule has 4 rings (SSSR count). The summed E-state index contributed by atoms with van der Waals surface area (Å²) in [7, 11) is 0. The number of nitrogens with zero attached hydrogens (tertiary/aromatic N) is 4. The molecule has 0 amide bonds. The average Bonchev–Trinajstić information content (AvgIpc) is 2.75. The van der Waals surface area contributed by atoms with Gasteiger partial charge in [0.15, 0.2) is 5.78 Å². The van der Waals surface area contributed by atoms with E-state index in [0.29, 0.717) is 38.7 Å². The highest BCUT2D eigenvalue weighted by atomic mass is 35.5. The molecule has 0 radical (unpaired) electrons. The molecule has 1 aromatic carbocycles. The van der Waals surface area contributed by atoms with Crippen molar-refractivity contribution in [3.8, 4) is 22.4 Å². The summed E-state index contributed by atoms with van der Waals surface area (Å²) in [6.07, 6.45) is 9.14. The number of hydrogen-bond donors (Lipinski definition) is 0. The zero-order chi connectivity index (χ0) is 21.1. The van der Waals surface area contributed by atoms with Crippen LogP contribution in [-0.4, -0.2) is 25.7 Å². The van der Waals surface area contributed by atoms with E-state index in [-0.39, 0.29) is 12.2 Å². The molecule has 0 bridgehead atoms. The minimum atomic E-state index is -0.420. The summed E-state index contributed by atoms with van der Waals surface area (Å²) in [4.78, 5) is 29.1. The van der Waals surface area contributed by atoms with E-state index in [9.17, 15) is 9.18 Å². The van der Waals surface area contributed by atoms with Gasteiger partial charge in [0.1, 0.15) is 5.82 Å². The van der Waals surface area contributed by atoms with E-state index in [1.54, 1.807) is 55.1 Å². The van der Waals surface area contributed by atoms with Crippen molar-refractivity contribution in [2.24, 2.45) is 0 Å². The standard InChI is InChI=1S/C23H16ClFN4O/c1-14-4-6-26-11-19(14)23(30)9-16-10-29-22(13-28-16)18-8-15(2-3-20(18)24)17-5-7-27-12-21(17)25/h2-8,10-13H,9H2,1H3. The van der Waals surface area contributed by atoms with Gasteiger partial charge in [0.2, 0.25) is 0 Å². The normalized spacial score (nSPS) is 10.8. The molecule has 0 saturated carbocycles. The van der Waals surface area contributed by atoms with Gasteiger partial charge in [0.25, 0.3) is 0 Å². The molecule has 0 aliphatic heterocycles. The van der Waals surface area contributed by atoms with E-state index in [1.165, 1.54) is 12.4 Å². The number of Topliss-reactive ketones (excluding diaryl/α,β-unsaturated/α-hetero) is 1. The van der Waals surface area contributed by atoms with Crippen LogP contribution in [0.1, 0.15) is 21.6 Å². The minimum Gasteiger partial charge on any atom is -0.294 e. The molecule has 4 aromatic rings. The summed E-state index contributed by atoms with van der Waals surface area (Å²) in [6, 6.07) is 8.58. The smallest absolute Gasteiger partial charge is 0.170 e. The number of aryl methyl sites for hydroxylation is 1. The molecule has 0 aliphatic rings. The fourth-order valence-corrected chi connectivity index (χ4v) is 3.31. The second kappa shape index (κ2) is 8.47. The van der Waals surface area contributed by atoms with Gasteiger partial charge >= 0.3 is 0 Å². The van der Waals surface area contributed by atoms with Gasteiger partial charge in [0.05, 0.1) is 35.2 Å². The molecule has 30 heavy (non-hydrogen) atoms. The number of pyridine rings is 2. The van der Waals surface area contributed by atoms with Gasteiger partial charge in [-0.1, -0.05) is 17.7 Å². The minimum absolute atomic E-state index is 0.0733. The Kier molecular flexibility index (Phi) is 5.59. The van der Waals surface area contributed by atoms with Crippen molar-refractivity contribution in [2.45, 2.75) is 13.3 Å². The maximum Gasteiger partial charge on any atom is 0.170 e. The molecule has 5 nitrogen and oxygen atoms in total. The zero-order valence-electron chi connectivity index (χ0n) is 16.0. The summed E-state index contributed by atoms with van der Waals surface area (Å²) in [6.45, 7) is 1.87. The van der Waals surface area contributed by atoms with E-state index in [1.807, 2.05) is 6.92 Å². The van der Waals surface area contributed by atoms with Crippen molar-refractivity contribution >= 4 is 17.4 Å². The second-order valence-corrected chi connectivity index (χ2v) is 7.14. The van der Waals surface area contributed by atoms with Crippen LogP contribution in [0, 0.1) is 12.7 Å². The van der Waals surface area contributed by atoms with Crippen LogP contribution in [-0.2, 0) is 6.42 Å². The number of carbonyl (C=O) groups is 1. The highest BCUT2D eigenvalue weighted by Gasteiger charge is 2.13. The molecule has 0 fully saturated rings. The maximum atomic E-state index is 14.1. The van der Waals surface area contributed by atoms with Gasteiger partial charge in [-0.2, -0.15) is 0 Å². The third-order valence-electron chi connectivity index (χ3n) is 4.71. The first-order valence-electron chi connectivity index (χ1n) is 9.17. The van der Waals surface area contributed by atoms with Gasteiger partial charge in [-0.05, 0) is 42.3 Å². The Morgan fingerprint density at radius 2 is 1.77 bits per heavy atom. The Hall–Kier alpha value is -3.51. The Balaban J connectivity index is 1.60. The predicted molar refractivity (Wildman–Crippen MR) is 113 cm³/mol. The van der Waals surface area contributed by atoms with Crippen LogP contribution in [0.25, 0.3) is 22.4 Å². The highest BCUT2D eigenvalue weighted by Crippen LogP contribution is 2.32. The topological polar surface area (TPSA) is 68.6 Å². The Labute approximate surface area is 177 Å². The van der Waals surface area contributed by atoms with Crippen molar-refractivity contribution in [1.29, 1.82) is 0 Å². The van der Waals surface area contributed by atoms with Gasteiger partial charge in [-0.15, -0.1) is 0 Å². The summed E-state index contributed by atoms with van der Waals surface area (Å²) < 4.78 is 14.1. The lowest BCUT2D eigenvalue weighted by molar-refractivity contribution is 0.0991. The van der Waals surface area contributed by atoms with Crippen LogP contribution < -0.4 is 0 Å². The molecule has 3 heterocycles. The second-order valence-electron chi connectivity index (χ2n) is 6.73. The first-order chi connectivity index (χ1) is 14.5. The van der Waals surface area contributed by atoms with Crippen LogP contribution in [0.15, 0.2) is 67.5 Å². The van der Waals surface area contributed by atoms with Gasteiger partial charge in [0, 0.05) is 41.5 Å². The largest absolute Gasteiger partial charge is 0.294 e. The van der Waals surface area contributed by atoms with Crippen molar-refractivity contribution in [2.75, 3.05) is 0 Å². The maximum absolute atomic E-state index is 14.1. The molecule has 0 atom stereocenters. The SMILES string of the molecule is Cc1ccncc1C(=O)Cc1cnc(-c2cc(-c3ccncc3F)ccc2Cl)cn1. The molecule has 148 valence electrons. The third kappa shape index (κ3) is 4.09. The van der Waals surface area contributed by atoms with Crippen molar-refractivity contribution in [3.05, 3.63) is 95.2 Å². The molecule has 0 N–H and O–H groups in total. The summed E-state index contributed by atoms with van der Waals surface area (Å²) in [5.41, 5.74) is 4.21. The van der Waals surface area contributed by atoms with E-state index in [0.717, 1.165) is 5.56 Å². The first-order valence-corrected chi connectivity index (χ1v) is 9.55. The van der Waals surface area contributed by atoms with Crippen LogP contribution in [0.2, 0.25) is 5.02 Å². The number of hydrogen-bond acceptors (Lipinski definition) is 5. The van der Waals surface area contributed by atoms with Crippen molar-refractivity contribution in [3.63, 3.8) is 0 Å². The Bertz CT molecular complexity index is 1230. The fraction of sp³-hybridized carbons (Fsp3) is 0.0870. The van der Waals surface area contributed by atoms with Gasteiger partial charge < -0.3 is 0 Å². The van der Waals surface area contributed by atoms with Crippen LogP contribution >= 0.6 is 11.6 Å². The van der Waals surface area contributed by atoms with E-state index in [2.05, 4.69) is 19.9 Å². The molecule has 7 heteroatoms. The number of aromatic nitrogens is 4. The van der Waals surface area contributed by atoms with Gasteiger partial charge in [-0.25, -0.2) is 4.39 Å². The lowest BCUT2D eigenvalue weighted by Crippen LogP contribution is -2.08. The fourth-order valence-electron chi connectivity index (χ4n) is 3.10. The lowest BCUT2D eigenvalue weighted by Gasteiger charge is -2.09. The summed E-state index contributed by atoms with van der Waals surface area (Å²) in [5.74, 6) is -0.493. The lowest BCUT2D eigenvalue weighted by atomic mass is 10.0. The monoisotopic (exact) mass is 418 g/mol. The Morgan fingerprint density at radius 3 is 2.50 bits per heavy atom. The molecular weight excluding hydrogens is 403 g/mol. The molecule has 0 aliphatic carbocycles. The molecule has 0 unspecified atom stereocenters. The predicted octanol–water partition coefficient (Wildman–Crippen LogP) is 5.13. The first kappa shape index (κ1) is 19.8. The number of benzene rings is 1. The molecule has 0 saturated heterocycles. The molecular formula is C23H16ClFN4O. The van der Waals surface area contributed by atoms with E-state index in [4.69, 9.17) is 11.6 Å².